The van der Waals surface area contributed by atoms with Gasteiger partial charge in [-0.1, -0.05) is 0 Å². The van der Waals surface area contributed by atoms with Crippen LogP contribution in [0.3, 0.4) is 0 Å². The minimum Gasteiger partial charge on any atom is -0.255 e. The van der Waals surface area contributed by atoms with Gasteiger partial charge in [-0.15, -0.1) is 24.0 Å². The van der Waals surface area contributed by atoms with Crippen LogP contribution in [0.1, 0.15) is 4.88 Å². The van der Waals surface area contributed by atoms with Gasteiger partial charge in [0.15, 0.2) is 0 Å². The maximum Gasteiger partial charge on any atom is 0.0631 e. The second kappa shape index (κ2) is 4.96. The van der Waals surface area contributed by atoms with Gasteiger partial charge in [0, 0.05) is 25.8 Å². The van der Waals surface area contributed by atoms with Crippen LogP contribution in [0.5, 0.6) is 0 Å². The van der Waals surface area contributed by atoms with Gasteiger partial charge in [0.05, 0.1) is 5.69 Å². The second-order valence-corrected chi connectivity index (χ2v) is 5.32. The number of aliphatic imine (C=N–C) groups is 1. The Bertz CT molecular complexity index is 474. The lowest BCUT2D eigenvalue weighted by Gasteiger charge is -1.92. The van der Waals surface area contributed by atoms with E-state index in [4.69, 9.17) is 0 Å². The number of thiophene rings is 1. The third-order valence-electron chi connectivity index (χ3n) is 1.78. The lowest BCUT2D eigenvalue weighted by Crippen LogP contribution is -1.71. The molecule has 0 bridgehead atoms. The van der Waals surface area contributed by atoms with E-state index in [9.17, 15) is 0 Å². The van der Waals surface area contributed by atoms with Gasteiger partial charge < -0.3 is 0 Å². The highest BCUT2D eigenvalue weighted by atomic mass is 79.9. The van der Waals surface area contributed by atoms with Crippen molar-refractivity contribution in [1.29, 1.82) is 0 Å². The molecule has 1 aromatic carbocycles. The van der Waals surface area contributed by atoms with Crippen molar-refractivity contribution in [2.24, 2.45) is 4.99 Å². The van der Waals surface area contributed by atoms with Crippen molar-refractivity contribution in [1.82, 2.24) is 0 Å². The topological polar surface area (TPSA) is 12.4 Å². The molecule has 4 heteroatoms. The molecule has 0 saturated carbocycles. The van der Waals surface area contributed by atoms with Crippen molar-refractivity contribution in [2.75, 3.05) is 0 Å². The van der Waals surface area contributed by atoms with Gasteiger partial charge in [0.25, 0.3) is 0 Å². The Morgan fingerprint density at radius 2 is 2.00 bits per heavy atom. The summed E-state index contributed by atoms with van der Waals surface area (Å²) < 4.78 is 1.10. The molecule has 0 fully saturated rings. The fourth-order valence-corrected chi connectivity index (χ4v) is 2.53. The molecule has 0 saturated heterocycles. The number of hydrogen-bond donors (Lipinski definition) is 1. The van der Waals surface area contributed by atoms with Gasteiger partial charge in [0.1, 0.15) is 0 Å². The van der Waals surface area contributed by atoms with E-state index in [0.717, 1.165) is 19.9 Å². The Morgan fingerprint density at radius 3 is 2.60 bits per heavy atom. The van der Waals surface area contributed by atoms with Crippen LogP contribution in [-0.2, 0) is 0 Å². The van der Waals surface area contributed by atoms with Gasteiger partial charge in [-0.25, -0.2) is 0 Å². The minimum atomic E-state index is 0.942. The summed E-state index contributed by atoms with van der Waals surface area (Å²) in [6.45, 7) is 0. The Labute approximate surface area is 106 Å². The molecule has 76 valence electrons. The zero-order valence-electron chi connectivity index (χ0n) is 7.72. The largest absolute Gasteiger partial charge is 0.255 e. The summed E-state index contributed by atoms with van der Waals surface area (Å²) in [6, 6.07) is 9.80. The number of halogens is 1. The number of rotatable bonds is 2. The Kier molecular flexibility index (Phi) is 3.61. The lowest BCUT2D eigenvalue weighted by molar-refractivity contribution is 1.43. The number of benzene rings is 1. The third-order valence-corrected chi connectivity index (χ3v) is 3.70. The van der Waals surface area contributed by atoms with Crippen LogP contribution < -0.4 is 0 Å². The summed E-state index contributed by atoms with van der Waals surface area (Å²) >= 11 is 9.28. The average Bonchev–Trinajstić information content (AvgIpc) is 2.64. The molecule has 1 aromatic heterocycles. The molecular formula is C11H8BrNS2. The van der Waals surface area contributed by atoms with Gasteiger partial charge in [-0.3, -0.25) is 4.99 Å². The molecule has 15 heavy (non-hydrogen) atoms. The van der Waals surface area contributed by atoms with Gasteiger partial charge >= 0.3 is 0 Å². The first kappa shape index (κ1) is 10.9. The molecule has 0 atom stereocenters. The third kappa shape index (κ3) is 3.19. The predicted molar refractivity (Wildman–Crippen MR) is 73.0 cm³/mol. The monoisotopic (exact) mass is 297 g/mol. The minimum absolute atomic E-state index is 0.942. The van der Waals surface area contributed by atoms with E-state index in [1.165, 1.54) is 0 Å². The van der Waals surface area contributed by atoms with E-state index in [1.54, 1.807) is 11.3 Å². The molecule has 2 rings (SSSR count). The molecule has 0 amide bonds. The van der Waals surface area contributed by atoms with Crippen LogP contribution in [0.2, 0.25) is 0 Å². The summed E-state index contributed by atoms with van der Waals surface area (Å²) in [4.78, 5) is 6.45. The summed E-state index contributed by atoms with van der Waals surface area (Å²) in [5, 5.41) is 2.04. The predicted octanol–water partition coefficient (Wildman–Crippen LogP) is 4.55. The highest BCUT2D eigenvalue weighted by Crippen LogP contribution is 2.20. The summed E-state index contributed by atoms with van der Waals surface area (Å²) in [7, 11) is 0. The highest BCUT2D eigenvalue weighted by molar-refractivity contribution is 9.10. The highest BCUT2D eigenvalue weighted by Gasteiger charge is 1.93. The zero-order valence-corrected chi connectivity index (χ0v) is 11.0. The summed E-state index contributed by atoms with van der Waals surface area (Å²) in [5.41, 5.74) is 0.942. The summed E-state index contributed by atoms with van der Waals surface area (Å²) in [5.74, 6) is 0. The Morgan fingerprint density at radius 1 is 1.27 bits per heavy atom. The molecule has 1 heterocycles. The quantitative estimate of drug-likeness (QED) is 0.617. The number of nitrogens with zero attached hydrogens (tertiary/aromatic N) is 1. The van der Waals surface area contributed by atoms with Crippen LogP contribution >= 0.6 is 39.9 Å². The molecule has 0 spiro atoms. The maximum atomic E-state index is 4.36. The van der Waals surface area contributed by atoms with Crippen LogP contribution in [-0.4, -0.2) is 6.21 Å². The van der Waals surface area contributed by atoms with E-state index < -0.39 is 0 Å². The van der Waals surface area contributed by atoms with E-state index in [-0.39, 0.29) is 0 Å². The van der Waals surface area contributed by atoms with Crippen molar-refractivity contribution in [3.05, 3.63) is 45.1 Å². The number of hydrogen-bond acceptors (Lipinski definition) is 3. The molecular weight excluding hydrogens is 290 g/mol. The van der Waals surface area contributed by atoms with E-state index in [0.29, 0.717) is 0 Å². The second-order valence-electron chi connectivity index (χ2n) is 2.94. The Balaban J connectivity index is 2.14. The molecule has 0 aliphatic carbocycles. The van der Waals surface area contributed by atoms with E-state index in [2.05, 4.69) is 33.6 Å². The van der Waals surface area contributed by atoms with Gasteiger partial charge in [-0.05, 0) is 46.3 Å². The van der Waals surface area contributed by atoms with Gasteiger partial charge in [0.2, 0.25) is 0 Å². The summed E-state index contributed by atoms with van der Waals surface area (Å²) in [6.07, 6.45) is 1.86. The normalized spacial score (nSPS) is 11.1. The molecule has 0 unspecified atom stereocenters. The first-order chi connectivity index (χ1) is 7.24. The van der Waals surface area contributed by atoms with Crippen molar-refractivity contribution in [3.8, 4) is 0 Å². The fraction of sp³-hybridized carbons (Fsp3) is 0. The van der Waals surface area contributed by atoms with E-state index >= 15 is 0 Å². The molecule has 0 N–H and O–H groups in total. The van der Waals surface area contributed by atoms with E-state index in [1.807, 2.05) is 41.9 Å². The Hall–Kier alpha value is -0.580. The first-order valence-electron chi connectivity index (χ1n) is 4.31. The molecule has 2 aromatic rings. The van der Waals surface area contributed by atoms with Crippen molar-refractivity contribution in [3.63, 3.8) is 0 Å². The van der Waals surface area contributed by atoms with Crippen molar-refractivity contribution >= 4 is 51.8 Å². The fourth-order valence-electron chi connectivity index (χ4n) is 1.07. The van der Waals surface area contributed by atoms with Crippen LogP contribution in [0, 0.1) is 0 Å². The lowest BCUT2D eigenvalue weighted by atomic mass is 10.3. The SMILES string of the molecule is Sc1ccc(N=Cc2cc(Br)cs2)cc1. The van der Waals surface area contributed by atoms with Crippen molar-refractivity contribution in [2.45, 2.75) is 4.90 Å². The molecule has 0 aliphatic rings. The van der Waals surface area contributed by atoms with Gasteiger partial charge in [-0.2, -0.15) is 0 Å². The van der Waals surface area contributed by atoms with Crippen LogP contribution in [0.4, 0.5) is 5.69 Å². The smallest absolute Gasteiger partial charge is 0.0631 e. The standard InChI is InChI=1S/C11H8BrNS2/c12-8-5-11(15-7-8)6-13-9-1-3-10(14)4-2-9/h1-7,14H. The van der Waals surface area contributed by atoms with Crippen LogP contribution in [0.15, 0.2) is 50.1 Å². The van der Waals surface area contributed by atoms with Crippen LogP contribution in [0.25, 0.3) is 0 Å². The maximum absolute atomic E-state index is 4.36. The zero-order chi connectivity index (χ0) is 10.7. The molecule has 0 radical (unpaired) electrons. The average molecular weight is 298 g/mol. The number of thiol groups is 1. The van der Waals surface area contributed by atoms with Crippen molar-refractivity contribution < 1.29 is 0 Å². The molecule has 1 nitrogen and oxygen atoms in total. The first-order valence-corrected chi connectivity index (χ1v) is 6.43. The molecule has 0 aliphatic heterocycles.